The molecule has 0 atom stereocenters. The monoisotopic (exact) mass is 503 g/mol. The molecule has 36 heavy (non-hydrogen) atoms. The van der Waals surface area contributed by atoms with Crippen molar-refractivity contribution in [1.29, 1.82) is 0 Å². The number of aromatic nitrogens is 1. The van der Waals surface area contributed by atoms with Crippen LogP contribution >= 0.6 is 12.2 Å². The maximum atomic E-state index is 13.4. The van der Waals surface area contributed by atoms with Crippen molar-refractivity contribution in [1.82, 2.24) is 9.88 Å². The molecule has 0 saturated carbocycles. The lowest BCUT2D eigenvalue weighted by molar-refractivity contribution is -0.122. The minimum absolute atomic E-state index is 0.0342. The highest BCUT2D eigenvalue weighted by molar-refractivity contribution is 7.80. The molecule has 182 valence electrons. The Morgan fingerprint density at radius 1 is 0.944 bits per heavy atom. The van der Waals surface area contributed by atoms with Crippen LogP contribution in [0.3, 0.4) is 0 Å². The molecule has 2 heterocycles. The molecule has 2 amide bonds. The van der Waals surface area contributed by atoms with Crippen molar-refractivity contribution < 1.29 is 29.4 Å². The van der Waals surface area contributed by atoms with Gasteiger partial charge >= 0.3 is 11.9 Å². The highest BCUT2D eigenvalue weighted by Crippen LogP contribution is 2.28. The predicted octanol–water partition coefficient (Wildman–Crippen LogP) is 3.63. The summed E-state index contributed by atoms with van der Waals surface area (Å²) >= 11 is 5.20. The zero-order valence-corrected chi connectivity index (χ0v) is 20.3. The van der Waals surface area contributed by atoms with Gasteiger partial charge in [-0.25, -0.2) is 9.59 Å². The third-order valence-corrected chi connectivity index (χ3v) is 6.20. The van der Waals surface area contributed by atoms with E-state index in [2.05, 4.69) is 5.32 Å². The molecule has 1 aliphatic heterocycles. The topological polar surface area (TPSA) is 129 Å². The number of carboxylic acids is 2. The van der Waals surface area contributed by atoms with Gasteiger partial charge in [0.1, 0.15) is 5.57 Å². The summed E-state index contributed by atoms with van der Waals surface area (Å²) in [5.74, 6) is -3.58. The molecule has 1 aliphatic rings. The third kappa shape index (κ3) is 4.29. The van der Waals surface area contributed by atoms with Crippen LogP contribution in [0.4, 0.5) is 5.69 Å². The van der Waals surface area contributed by atoms with Crippen LogP contribution in [0.1, 0.15) is 43.2 Å². The highest BCUT2D eigenvalue weighted by atomic mass is 32.1. The Labute approximate surface area is 211 Å². The number of benzene rings is 2. The van der Waals surface area contributed by atoms with Crippen LogP contribution in [0.15, 0.2) is 54.1 Å². The van der Waals surface area contributed by atoms with Crippen molar-refractivity contribution >= 4 is 52.8 Å². The molecular formula is C26H21N3O6S. The van der Waals surface area contributed by atoms with Gasteiger partial charge in [-0.05, 0) is 86.6 Å². The summed E-state index contributed by atoms with van der Waals surface area (Å²) in [6.45, 7) is 5.50. The second-order valence-electron chi connectivity index (χ2n) is 8.28. The van der Waals surface area contributed by atoms with Gasteiger partial charge in [-0.15, -0.1) is 0 Å². The number of carboxylic acid groups (broad SMARTS) is 2. The van der Waals surface area contributed by atoms with Crippen LogP contribution in [0.2, 0.25) is 0 Å². The largest absolute Gasteiger partial charge is 0.478 e. The van der Waals surface area contributed by atoms with Gasteiger partial charge < -0.3 is 14.8 Å². The van der Waals surface area contributed by atoms with Crippen LogP contribution in [-0.2, 0) is 9.59 Å². The Hall–Kier alpha value is -4.57. The maximum Gasteiger partial charge on any atom is 0.335 e. The number of hydrogen-bond acceptors (Lipinski definition) is 5. The van der Waals surface area contributed by atoms with Crippen LogP contribution < -0.4 is 10.2 Å². The van der Waals surface area contributed by atoms with Crippen molar-refractivity contribution in [3.05, 3.63) is 87.7 Å². The van der Waals surface area contributed by atoms with Crippen LogP contribution in [-0.4, -0.2) is 43.6 Å². The maximum absolute atomic E-state index is 13.4. The Morgan fingerprint density at radius 3 is 2.28 bits per heavy atom. The first-order chi connectivity index (χ1) is 17.0. The molecule has 4 rings (SSSR count). The summed E-state index contributed by atoms with van der Waals surface area (Å²) in [7, 11) is 0. The SMILES string of the molecule is Cc1ccc(C(=O)O)cc1-n1c(C)cc(C=C2C(=O)NC(=S)N(c3cccc(C(=O)O)c3)C2=O)c1C. The minimum atomic E-state index is -1.17. The number of thiocarbonyl (C=S) groups is 1. The van der Waals surface area contributed by atoms with Crippen molar-refractivity contribution in [3.8, 4) is 5.69 Å². The van der Waals surface area contributed by atoms with E-state index in [9.17, 15) is 29.4 Å². The van der Waals surface area contributed by atoms with E-state index >= 15 is 0 Å². The molecule has 10 heteroatoms. The smallest absolute Gasteiger partial charge is 0.335 e. The minimum Gasteiger partial charge on any atom is -0.478 e. The van der Waals surface area contributed by atoms with E-state index in [1.807, 2.05) is 18.4 Å². The average molecular weight is 504 g/mol. The molecule has 0 bridgehead atoms. The van der Waals surface area contributed by atoms with Gasteiger partial charge in [-0.3, -0.25) is 19.8 Å². The number of carbonyl (C=O) groups excluding carboxylic acids is 2. The second kappa shape index (κ2) is 9.23. The number of rotatable bonds is 5. The molecule has 0 aliphatic carbocycles. The predicted molar refractivity (Wildman–Crippen MR) is 137 cm³/mol. The van der Waals surface area contributed by atoms with Crippen molar-refractivity contribution in [2.45, 2.75) is 20.8 Å². The van der Waals surface area contributed by atoms with Gasteiger partial charge in [0.2, 0.25) is 0 Å². The molecule has 3 aromatic rings. The van der Waals surface area contributed by atoms with Crippen molar-refractivity contribution in [3.63, 3.8) is 0 Å². The summed E-state index contributed by atoms with van der Waals surface area (Å²) in [5, 5.41) is 21.0. The van der Waals surface area contributed by atoms with Crippen LogP contribution in [0, 0.1) is 20.8 Å². The third-order valence-electron chi connectivity index (χ3n) is 5.92. The first-order valence-corrected chi connectivity index (χ1v) is 11.2. The standard InChI is InChI=1S/C26H21N3O6S/c1-13-7-8-17(25(34)35)12-21(13)28-14(2)9-18(15(28)3)11-20-22(30)27-26(36)29(23(20)31)19-6-4-5-16(10-19)24(32)33/h4-12H,1-3H3,(H,32,33)(H,34,35)(H,27,30,36). The molecule has 0 spiro atoms. The quantitative estimate of drug-likeness (QED) is 0.275. The summed E-state index contributed by atoms with van der Waals surface area (Å²) in [4.78, 5) is 50.0. The fourth-order valence-corrected chi connectivity index (χ4v) is 4.39. The zero-order chi connectivity index (χ0) is 26.3. The molecule has 1 saturated heterocycles. The number of nitrogens with zero attached hydrogens (tertiary/aromatic N) is 2. The Balaban J connectivity index is 1.79. The van der Waals surface area contributed by atoms with Gasteiger partial charge in [-0.2, -0.15) is 0 Å². The van der Waals surface area contributed by atoms with E-state index in [4.69, 9.17) is 12.2 Å². The average Bonchev–Trinajstić information content (AvgIpc) is 3.09. The van der Waals surface area contributed by atoms with Crippen molar-refractivity contribution in [2.75, 3.05) is 4.90 Å². The van der Waals surface area contributed by atoms with Crippen LogP contribution in [0.5, 0.6) is 0 Å². The van der Waals surface area contributed by atoms with Gasteiger partial charge in [0.15, 0.2) is 5.11 Å². The van der Waals surface area contributed by atoms with Gasteiger partial charge in [0, 0.05) is 17.1 Å². The lowest BCUT2D eigenvalue weighted by Crippen LogP contribution is -2.54. The van der Waals surface area contributed by atoms with E-state index in [0.29, 0.717) is 16.9 Å². The molecule has 3 N–H and O–H groups in total. The Bertz CT molecular complexity index is 1520. The number of aryl methyl sites for hydroxylation is 2. The van der Waals surface area contributed by atoms with Gasteiger partial charge in [0.05, 0.1) is 16.8 Å². The number of aromatic carboxylic acids is 2. The van der Waals surface area contributed by atoms with Gasteiger partial charge in [-0.1, -0.05) is 12.1 Å². The summed E-state index contributed by atoms with van der Waals surface area (Å²) in [6.07, 6.45) is 1.45. The highest BCUT2D eigenvalue weighted by Gasteiger charge is 2.35. The molecule has 0 unspecified atom stereocenters. The molecule has 9 nitrogen and oxygen atoms in total. The molecule has 2 aromatic carbocycles. The first kappa shape index (κ1) is 24.6. The number of carbonyl (C=O) groups is 4. The second-order valence-corrected chi connectivity index (χ2v) is 8.67. The summed E-state index contributed by atoms with van der Waals surface area (Å²) in [6, 6.07) is 12.3. The van der Waals surface area contributed by atoms with Crippen LogP contribution in [0.25, 0.3) is 11.8 Å². The molecule has 1 fully saturated rings. The Kier molecular flexibility index (Phi) is 6.30. The lowest BCUT2D eigenvalue weighted by Gasteiger charge is -2.29. The zero-order valence-electron chi connectivity index (χ0n) is 19.5. The fourth-order valence-electron chi connectivity index (χ4n) is 4.11. The molecule has 1 aromatic heterocycles. The van der Waals surface area contributed by atoms with Gasteiger partial charge in [0.25, 0.3) is 11.8 Å². The molecule has 0 radical (unpaired) electrons. The van der Waals surface area contributed by atoms with E-state index in [-0.39, 0.29) is 27.5 Å². The number of anilines is 1. The van der Waals surface area contributed by atoms with Crippen molar-refractivity contribution in [2.24, 2.45) is 0 Å². The van der Waals surface area contributed by atoms with E-state index in [0.717, 1.165) is 16.2 Å². The Morgan fingerprint density at radius 2 is 1.61 bits per heavy atom. The fraction of sp³-hybridized carbons (Fsp3) is 0.115. The van der Waals surface area contributed by atoms with E-state index in [1.165, 1.54) is 36.4 Å². The number of nitrogens with one attached hydrogen (secondary N) is 1. The molecular weight excluding hydrogens is 482 g/mol. The summed E-state index contributed by atoms with van der Waals surface area (Å²) in [5.41, 5.74) is 3.70. The lowest BCUT2D eigenvalue weighted by atomic mass is 10.1. The first-order valence-electron chi connectivity index (χ1n) is 10.8. The number of amides is 2. The summed E-state index contributed by atoms with van der Waals surface area (Å²) < 4.78 is 1.86. The van der Waals surface area contributed by atoms with E-state index in [1.54, 1.807) is 25.1 Å². The number of hydrogen-bond donors (Lipinski definition) is 3. The van der Waals surface area contributed by atoms with E-state index < -0.39 is 23.8 Å². The normalized spacial score (nSPS) is 14.8.